The van der Waals surface area contributed by atoms with E-state index in [0.29, 0.717) is 6.61 Å². The molecular weight excluding hydrogens is 232 g/mol. The molecule has 0 saturated heterocycles. The Morgan fingerprint density at radius 1 is 1.62 bits per heavy atom. The van der Waals surface area contributed by atoms with Crippen molar-refractivity contribution in [3.8, 4) is 0 Å². The molecule has 0 amide bonds. The van der Waals surface area contributed by atoms with E-state index in [0.717, 1.165) is 16.7 Å². The molecule has 13 heavy (non-hydrogen) atoms. The van der Waals surface area contributed by atoms with E-state index in [1.165, 1.54) is 12.8 Å². The highest BCUT2D eigenvalue weighted by Crippen LogP contribution is 2.15. The van der Waals surface area contributed by atoms with Gasteiger partial charge in [0, 0.05) is 19.9 Å². The van der Waals surface area contributed by atoms with Gasteiger partial charge in [0.1, 0.15) is 5.69 Å². The summed E-state index contributed by atoms with van der Waals surface area (Å²) in [6, 6.07) is 0. The van der Waals surface area contributed by atoms with E-state index in [1.807, 2.05) is 10.9 Å². The number of ether oxygens (including phenoxy) is 1. The van der Waals surface area contributed by atoms with Gasteiger partial charge in [-0.15, -0.1) is 0 Å². The summed E-state index contributed by atoms with van der Waals surface area (Å²) in [5.74, 6) is 0. The van der Waals surface area contributed by atoms with E-state index < -0.39 is 0 Å². The zero-order valence-electron chi connectivity index (χ0n) is 8.09. The topological polar surface area (TPSA) is 27.1 Å². The number of hydrogen-bond acceptors (Lipinski definition) is 2. The first kappa shape index (κ1) is 10.7. The summed E-state index contributed by atoms with van der Waals surface area (Å²) in [5.41, 5.74) is 0.971. The van der Waals surface area contributed by atoms with Gasteiger partial charge in [0.15, 0.2) is 0 Å². The first-order chi connectivity index (χ1) is 6.27. The van der Waals surface area contributed by atoms with Crippen molar-refractivity contribution in [2.24, 2.45) is 0 Å². The van der Waals surface area contributed by atoms with Crippen molar-refractivity contribution in [2.75, 3.05) is 7.11 Å². The molecule has 3 nitrogen and oxygen atoms in total. The Morgan fingerprint density at radius 3 is 3.00 bits per heavy atom. The average molecular weight is 247 g/mol. The molecule has 0 spiro atoms. The van der Waals surface area contributed by atoms with Crippen molar-refractivity contribution in [3.05, 3.63) is 16.4 Å². The van der Waals surface area contributed by atoms with E-state index >= 15 is 0 Å². The van der Waals surface area contributed by atoms with Crippen LogP contribution < -0.4 is 0 Å². The summed E-state index contributed by atoms with van der Waals surface area (Å²) in [6.45, 7) is 3.73. The highest BCUT2D eigenvalue weighted by atomic mass is 79.9. The molecule has 0 atom stereocenters. The second-order valence-corrected chi connectivity index (χ2v) is 3.83. The number of hydrogen-bond donors (Lipinski definition) is 0. The molecule has 1 rings (SSSR count). The van der Waals surface area contributed by atoms with Gasteiger partial charge in [0.05, 0.1) is 11.1 Å². The summed E-state index contributed by atoms with van der Waals surface area (Å²) in [4.78, 5) is 0. The molecule has 4 heteroatoms. The summed E-state index contributed by atoms with van der Waals surface area (Å²) in [7, 11) is 1.68. The summed E-state index contributed by atoms with van der Waals surface area (Å²) >= 11 is 3.45. The molecule has 0 N–H and O–H groups in total. The van der Waals surface area contributed by atoms with Gasteiger partial charge < -0.3 is 4.74 Å². The van der Waals surface area contributed by atoms with Crippen molar-refractivity contribution in [1.82, 2.24) is 9.78 Å². The molecule has 1 aromatic heterocycles. The van der Waals surface area contributed by atoms with Crippen LogP contribution in [0.25, 0.3) is 0 Å². The molecule has 0 aromatic carbocycles. The normalized spacial score (nSPS) is 10.7. The number of aromatic nitrogens is 2. The van der Waals surface area contributed by atoms with E-state index in [-0.39, 0.29) is 0 Å². The van der Waals surface area contributed by atoms with Gasteiger partial charge >= 0.3 is 0 Å². The van der Waals surface area contributed by atoms with Crippen molar-refractivity contribution in [1.29, 1.82) is 0 Å². The molecule has 0 aliphatic carbocycles. The number of aryl methyl sites for hydroxylation is 1. The predicted octanol–water partition coefficient (Wildman–Crippen LogP) is 2.59. The third-order valence-electron chi connectivity index (χ3n) is 1.81. The second kappa shape index (κ2) is 5.40. The van der Waals surface area contributed by atoms with Crippen LogP contribution in [0, 0.1) is 0 Å². The number of methoxy groups -OCH3 is 1. The lowest BCUT2D eigenvalue weighted by Crippen LogP contribution is -1.99. The zero-order valence-corrected chi connectivity index (χ0v) is 9.67. The molecule has 74 valence electrons. The Kier molecular flexibility index (Phi) is 4.45. The fraction of sp³-hybridized carbons (Fsp3) is 0.667. The van der Waals surface area contributed by atoms with E-state index in [4.69, 9.17) is 4.74 Å². The minimum absolute atomic E-state index is 0.569. The van der Waals surface area contributed by atoms with Crippen LogP contribution in [-0.4, -0.2) is 16.9 Å². The lowest BCUT2D eigenvalue weighted by atomic mass is 10.3. The van der Waals surface area contributed by atoms with Crippen LogP contribution in [0.3, 0.4) is 0 Å². The predicted molar refractivity (Wildman–Crippen MR) is 55.5 cm³/mol. The monoisotopic (exact) mass is 246 g/mol. The van der Waals surface area contributed by atoms with Gasteiger partial charge in [-0.1, -0.05) is 13.3 Å². The maximum absolute atomic E-state index is 5.02. The van der Waals surface area contributed by atoms with E-state index in [2.05, 4.69) is 28.0 Å². The molecule has 0 aliphatic heterocycles. The Bertz CT molecular complexity index is 260. The number of halogens is 1. The Morgan fingerprint density at radius 2 is 2.38 bits per heavy atom. The SMILES string of the molecule is CCCCn1cc(Br)c(COC)n1. The largest absolute Gasteiger partial charge is 0.378 e. The number of nitrogens with zero attached hydrogens (tertiary/aromatic N) is 2. The fourth-order valence-corrected chi connectivity index (χ4v) is 1.54. The van der Waals surface area contributed by atoms with Crippen molar-refractivity contribution in [3.63, 3.8) is 0 Å². The summed E-state index contributed by atoms with van der Waals surface area (Å²) < 4.78 is 8.01. The van der Waals surface area contributed by atoms with Gasteiger partial charge in [-0.3, -0.25) is 4.68 Å². The molecule has 0 radical (unpaired) electrons. The van der Waals surface area contributed by atoms with Crippen LogP contribution in [0.1, 0.15) is 25.5 Å². The third-order valence-corrected chi connectivity index (χ3v) is 2.47. The van der Waals surface area contributed by atoms with Crippen LogP contribution in [0.15, 0.2) is 10.7 Å². The molecule has 0 aliphatic rings. The van der Waals surface area contributed by atoms with Crippen LogP contribution in [0.4, 0.5) is 0 Å². The van der Waals surface area contributed by atoms with Crippen molar-refractivity contribution in [2.45, 2.75) is 32.9 Å². The lowest BCUT2D eigenvalue weighted by Gasteiger charge is -1.97. The second-order valence-electron chi connectivity index (χ2n) is 2.97. The molecular formula is C9H15BrN2O. The highest BCUT2D eigenvalue weighted by Gasteiger charge is 2.04. The Balaban J connectivity index is 2.59. The highest BCUT2D eigenvalue weighted by molar-refractivity contribution is 9.10. The van der Waals surface area contributed by atoms with Gasteiger partial charge in [-0.25, -0.2) is 0 Å². The van der Waals surface area contributed by atoms with E-state index in [9.17, 15) is 0 Å². The molecule has 0 fully saturated rings. The van der Waals surface area contributed by atoms with Crippen molar-refractivity contribution >= 4 is 15.9 Å². The number of rotatable bonds is 5. The maximum Gasteiger partial charge on any atom is 0.102 e. The maximum atomic E-state index is 5.02. The quantitative estimate of drug-likeness (QED) is 0.799. The molecule has 0 saturated carbocycles. The first-order valence-corrected chi connectivity index (χ1v) is 5.28. The standard InChI is InChI=1S/C9H15BrN2O/c1-3-4-5-12-6-8(10)9(11-12)7-13-2/h6H,3-5,7H2,1-2H3. The molecule has 0 unspecified atom stereocenters. The van der Waals surface area contributed by atoms with Gasteiger partial charge in [0.2, 0.25) is 0 Å². The van der Waals surface area contributed by atoms with Crippen LogP contribution in [0.2, 0.25) is 0 Å². The van der Waals surface area contributed by atoms with Crippen LogP contribution in [-0.2, 0) is 17.9 Å². The number of unbranched alkanes of at least 4 members (excludes halogenated alkanes) is 1. The fourth-order valence-electron chi connectivity index (χ4n) is 1.11. The minimum atomic E-state index is 0.569. The van der Waals surface area contributed by atoms with Gasteiger partial charge in [-0.2, -0.15) is 5.10 Å². The molecule has 1 heterocycles. The van der Waals surface area contributed by atoms with Crippen LogP contribution >= 0.6 is 15.9 Å². The Labute approximate surface area is 87.2 Å². The molecule has 1 aromatic rings. The van der Waals surface area contributed by atoms with Gasteiger partial charge in [0.25, 0.3) is 0 Å². The summed E-state index contributed by atoms with van der Waals surface area (Å²) in [6.07, 6.45) is 4.36. The minimum Gasteiger partial charge on any atom is -0.378 e. The van der Waals surface area contributed by atoms with Crippen molar-refractivity contribution < 1.29 is 4.74 Å². The first-order valence-electron chi connectivity index (χ1n) is 4.48. The lowest BCUT2D eigenvalue weighted by molar-refractivity contribution is 0.180. The summed E-state index contributed by atoms with van der Waals surface area (Å²) in [5, 5.41) is 4.38. The molecule has 0 bridgehead atoms. The van der Waals surface area contributed by atoms with E-state index in [1.54, 1.807) is 7.11 Å². The smallest absolute Gasteiger partial charge is 0.102 e. The van der Waals surface area contributed by atoms with Gasteiger partial charge in [-0.05, 0) is 22.4 Å². The van der Waals surface area contributed by atoms with Crippen LogP contribution in [0.5, 0.6) is 0 Å². The average Bonchev–Trinajstić information content (AvgIpc) is 2.45. The zero-order chi connectivity index (χ0) is 9.68. The Hall–Kier alpha value is -0.350. The third kappa shape index (κ3) is 3.12.